The zero-order valence-electron chi connectivity index (χ0n) is 7.28. The van der Waals surface area contributed by atoms with Crippen molar-refractivity contribution in [2.24, 2.45) is 0 Å². The van der Waals surface area contributed by atoms with E-state index in [1.165, 1.54) is 23.1 Å². The summed E-state index contributed by atoms with van der Waals surface area (Å²) in [6, 6.07) is 2.46. The van der Waals surface area contributed by atoms with Crippen LogP contribution in [0.3, 0.4) is 0 Å². The van der Waals surface area contributed by atoms with E-state index in [0.29, 0.717) is 10.2 Å². The largest absolute Gasteiger partial charge is 0.381 e. The summed E-state index contributed by atoms with van der Waals surface area (Å²) in [7, 11) is 0. The lowest BCUT2D eigenvalue weighted by Crippen LogP contribution is -2.02. The summed E-state index contributed by atoms with van der Waals surface area (Å²) in [4.78, 5) is 1.24. The number of hydrogen-bond acceptors (Lipinski definition) is 3. The second kappa shape index (κ2) is 3.79. The highest BCUT2D eigenvalue weighted by atomic mass is 79.9. The van der Waals surface area contributed by atoms with Crippen molar-refractivity contribution in [1.29, 1.82) is 0 Å². The lowest BCUT2D eigenvalue weighted by molar-refractivity contribution is 0.625. The number of anilines is 1. The molecule has 0 unspecified atom stereocenters. The summed E-state index contributed by atoms with van der Waals surface area (Å²) < 4.78 is 13.4. The van der Waals surface area contributed by atoms with Crippen molar-refractivity contribution in [3.8, 4) is 5.69 Å². The number of benzene rings is 1. The van der Waals surface area contributed by atoms with Gasteiger partial charge in [0.2, 0.25) is 0 Å². The molecule has 0 saturated carbocycles. The molecule has 0 aliphatic rings. The molecule has 0 aliphatic carbocycles. The van der Waals surface area contributed by atoms with Gasteiger partial charge in [0.15, 0.2) is 5.82 Å². The first-order valence-electron chi connectivity index (χ1n) is 3.90. The lowest BCUT2D eigenvalue weighted by atomic mass is 10.3. The van der Waals surface area contributed by atoms with Crippen LogP contribution in [-0.2, 0) is 0 Å². The molecule has 1 aromatic heterocycles. The normalized spacial score (nSPS) is 10.6. The molecular formula is C8H5BrClFN4. The van der Waals surface area contributed by atoms with Gasteiger partial charge in [0, 0.05) is 4.47 Å². The van der Waals surface area contributed by atoms with Crippen LogP contribution in [0.4, 0.5) is 10.2 Å². The van der Waals surface area contributed by atoms with Crippen LogP contribution in [0.15, 0.2) is 22.8 Å². The summed E-state index contributed by atoms with van der Waals surface area (Å²) in [5.41, 5.74) is 5.87. The molecule has 0 saturated heterocycles. The maximum Gasteiger partial charge on any atom is 0.166 e. The van der Waals surface area contributed by atoms with E-state index in [1.54, 1.807) is 0 Å². The van der Waals surface area contributed by atoms with Gasteiger partial charge in [-0.15, -0.1) is 9.90 Å². The average Bonchev–Trinajstić information content (AvgIpc) is 2.49. The molecule has 2 aromatic rings. The highest BCUT2D eigenvalue weighted by Crippen LogP contribution is 2.29. The molecule has 2 rings (SSSR count). The predicted molar refractivity (Wildman–Crippen MR) is 58.4 cm³/mol. The third-order valence-corrected chi connectivity index (χ3v) is 2.58. The van der Waals surface area contributed by atoms with E-state index in [0.717, 1.165) is 0 Å². The Morgan fingerprint density at radius 3 is 2.73 bits per heavy atom. The van der Waals surface area contributed by atoms with Crippen molar-refractivity contribution >= 4 is 33.3 Å². The van der Waals surface area contributed by atoms with Crippen LogP contribution in [-0.4, -0.2) is 15.0 Å². The van der Waals surface area contributed by atoms with Crippen LogP contribution < -0.4 is 5.73 Å². The Bertz CT molecular complexity index is 490. The van der Waals surface area contributed by atoms with Crippen molar-refractivity contribution in [1.82, 2.24) is 15.0 Å². The Morgan fingerprint density at radius 2 is 2.20 bits per heavy atom. The summed E-state index contributed by atoms with van der Waals surface area (Å²) in [6.45, 7) is 0. The topological polar surface area (TPSA) is 56.7 Å². The minimum Gasteiger partial charge on any atom is -0.381 e. The SMILES string of the molecule is Nc1cnn(-c2c(Cl)cc(F)cc2Br)n1. The van der Waals surface area contributed by atoms with E-state index in [4.69, 9.17) is 17.3 Å². The maximum atomic E-state index is 12.9. The van der Waals surface area contributed by atoms with E-state index in [-0.39, 0.29) is 10.8 Å². The summed E-state index contributed by atoms with van der Waals surface area (Å²) in [6.07, 6.45) is 1.38. The fourth-order valence-corrected chi connectivity index (χ4v) is 2.09. The van der Waals surface area contributed by atoms with Gasteiger partial charge in [-0.1, -0.05) is 11.6 Å². The quantitative estimate of drug-likeness (QED) is 0.878. The number of nitrogens with zero attached hydrogens (tertiary/aromatic N) is 3. The van der Waals surface area contributed by atoms with Gasteiger partial charge in [-0.05, 0) is 28.1 Å². The fraction of sp³-hybridized carbons (Fsp3) is 0. The van der Waals surface area contributed by atoms with Gasteiger partial charge in [0.25, 0.3) is 0 Å². The minimum absolute atomic E-state index is 0.206. The third-order valence-electron chi connectivity index (χ3n) is 1.69. The summed E-state index contributed by atoms with van der Waals surface area (Å²) in [5.74, 6) is -0.168. The smallest absolute Gasteiger partial charge is 0.166 e. The Kier molecular flexibility index (Phi) is 2.62. The molecular weight excluding hydrogens is 286 g/mol. The molecule has 0 fully saturated rings. The van der Waals surface area contributed by atoms with E-state index in [1.807, 2.05) is 0 Å². The first-order chi connectivity index (χ1) is 7.08. The van der Waals surface area contributed by atoms with Crippen LogP contribution in [0.25, 0.3) is 5.69 Å². The Morgan fingerprint density at radius 1 is 1.47 bits per heavy atom. The monoisotopic (exact) mass is 290 g/mol. The highest BCUT2D eigenvalue weighted by molar-refractivity contribution is 9.10. The summed E-state index contributed by atoms with van der Waals surface area (Å²) >= 11 is 9.04. The van der Waals surface area contributed by atoms with Gasteiger partial charge >= 0.3 is 0 Å². The van der Waals surface area contributed by atoms with E-state index in [9.17, 15) is 4.39 Å². The minimum atomic E-state index is -0.434. The number of aromatic nitrogens is 3. The summed E-state index contributed by atoms with van der Waals surface area (Å²) in [5, 5.41) is 7.97. The van der Waals surface area contributed by atoms with Crippen LogP contribution in [0.2, 0.25) is 5.02 Å². The molecule has 0 amide bonds. The second-order valence-corrected chi connectivity index (χ2v) is 4.04. The molecule has 0 bridgehead atoms. The molecule has 0 radical (unpaired) electrons. The predicted octanol–water partition coefficient (Wildman–Crippen LogP) is 2.40. The molecule has 0 atom stereocenters. The van der Waals surface area contributed by atoms with Gasteiger partial charge < -0.3 is 5.73 Å². The molecule has 0 spiro atoms. The highest BCUT2D eigenvalue weighted by Gasteiger charge is 2.12. The van der Waals surface area contributed by atoms with Crippen molar-refractivity contribution in [2.75, 3.05) is 5.73 Å². The van der Waals surface area contributed by atoms with Crippen molar-refractivity contribution < 1.29 is 4.39 Å². The average molecular weight is 292 g/mol. The second-order valence-electron chi connectivity index (χ2n) is 2.78. The van der Waals surface area contributed by atoms with Crippen LogP contribution >= 0.6 is 27.5 Å². The zero-order chi connectivity index (χ0) is 11.0. The number of halogens is 3. The Hall–Kier alpha value is -1.14. The first-order valence-corrected chi connectivity index (χ1v) is 5.08. The van der Waals surface area contributed by atoms with Crippen LogP contribution in [0, 0.1) is 5.82 Å². The van der Waals surface area contributed by atoms with Crippen molar-refractivity contribution in [2.45, 2.75) is 0 Å². The van der Waals surface area contributed by atoms with Crippen molar-refractivity contribution in [3.63, 3.8) is 0 Å². The van der Waals surface area contributed by atoms with Crippen LogP contribution in [0.5, 0.6) is 0 Å². The number of hydrogen-bond donors (Lipinski definition) is 1. The number of nitrogens with two attached hydrogens (primary N) is 1. The van der Waals surface area contributed by atoms with Gasteiger partial charge in [0.1, 0.15) is 11.5 Å². The molecule has 0 aliphatic heterocycles. The molecule has 15 heavy (non-hydrogen) atoms. The first kappa shape index (κ1) is 10.4. The molecule has 1 aromatic carbocycles. The van der Waals surface area contributed by atoms with Gasteiger partial charge in [-0.2, -0.15) is 5.10 Å². The third kappa shape index (κ3) is 1.95. The van der Waals surface area contributed by atoms with Crippen molar-refractivity contribution in [3.05, 3.63) is 33.6 Å². The fourth-order valence-electron chi connectivity index (χ4n) is 1.11. The number of nitrogen functional groups attached to an aromatic ring is 1. The Balaban J connectivity index is 2.62. The molecule has 1 heterocycles. The Labute approximate surface area is 98.0 Å². The number of rotatable bonds is 1. The maximum absolute atomic E-state index is 12.9. The molecule has 78 valence electrons. The molecule has 4 nitrogen and oxygen atoms in total. The standard InChI is InChI=1S/C8H5BrClFN4/c9-5-1-4(11)2-6(10)8(5)15-13-3-7(12)14-15/h1-3H,(H2,12,14). The zero-order valence-corrected chi connectivity index (χ0v) is 9.63. The molecule has 7 heteroatoms. The van der Waals surface area contributed by atoms with Gasteiger partial charge in [-0.25, -0.2) is 4.39 Å². The molecule has 2 N–H and O–H groups in total. The van der Waals surface area contributed by atoms with Gasteiger partial charge in [-0.3, -0.25) is 0 Å². The van der Waals surface area contributed by atoms with E-state index in [2.05, 4.69) is 26.1 Å². The van der Waals surface area contributed by atoms with E-state index >= 15 is 0 Å². The lowest BCUT2D eigenvalue weighted by Gasteiger charge is -2.05. The van der Waals surface area contributed by atoms with E-state index < -0.39 is 5.82 Å². The van der Waals surface area contributed by atoms with Gasteiger partial charge in [0.05, 0.1) is 11.2 Å². The van der Waals surface area contributed by atoms with Crippen LogP contribution in [0.1, 0.15) is 0 Å².